The van der Waals surface area contributed by atoms with Gasteiger partial charge >= 0.3 is 0 Å². The third kappa shape index (κ3) is 2.87. The molecule has 0 bridgehead atoms. The minimum absolute atomic E-state index is 0.0355. The third-order valence-corrected chi connectivity index (χ3v) is 4.42. The number of halogens is 1. The average Bonchev–Trinajstić information content (AvgIpc) is 2.69. The van der Waals surface area contributed by atoms with Crippen molar-refractivity contribution in [2.75, 3.05) is 0 Å². The Labute approximate surface area is 116 Å². The third-order valence-electron chi connectivity index (χ3n) is 2.82. The number of carbonyl (C=O) groups excluding carboxylic acids is 1. The van der Waals surface area contributed by atoms with Crippen molar-refractivity contribution in [3.05, 3.63) is 34.9 Å². The minimum atomic E-state index is -0.0450. The molecule has 1 aliphatic heterocycles. The fraction of sp³-hybridized carbons (Fsp3) is 0.385. The summed E-state index contributed by atoms with van der Waals surface area (Å²) in [7, 11) is 0. The van der Waals surface area contributed by atoms with E-state index in [0.717, 1.165) is 17.0 Å². The van der Waals surface area contributed by atoms with E-state index in [0.29, 0.717) is 5.17 Å². The smallest absolute Gasteiger partial charge is 0.261 e. The summed E-state index contributed by atoms with van der Waals surface area (Å²) in [5.41, 5.74) is 1.01. The Bertz CT molecular complexity index is 490. The van der Waals surface area contributed by atoms with Gasteiger partial charge in [0.25, 0.3) is 5.91 Å². The maximum Gasteiger partial charge on any atom is 0.261 e. The first kappa shape index (κ1) is 13.4. The van der Waals surface area contributed by atoms with Crippen LogP contribution in [0.2, 0.25) is 5.02 Å². The Morgan fingerprint density at radius 1 is 1.50 bits per heavy atom. The number of hydrogen-bond donors (Lipinski definition) is 1. The van der Waals surface area contributed by atoms with Crippen molar-refractivity contribution < 1.29 is 4.79 Å². The number of rotatable bonds is 3. The molecule has 1 aromatic rings. The summed E-state index contributed by atoms with van der Waals surface area (Å²) in [5, 5.41) is 4.62. The van der Waals surface area contributed by atoms with E-state index in [4.69, 9.17) is 11.6 Å². The van der Waals surface area contributed by atoms with E-state index in [-0.39, 0.29) is 17.2 Å². The zero-order chi connectivity index (χ0) is 13.1. The SMILES string of the molecule is CC[C@H]1SC(N[C@@H](C)c2ccccc2Cl)=NC1=O. The Hall–Kier alpha value is -1.00. The molecule has 2 rings (SSSR count). The summed E-state index contributed by atoms with van der Waals surface area (Å²) in [5.74, 6) is -0.0450. The van der Waals surface area contributed by atoms with Gasteiger partial charge in [-0.1, -0.05) is 48.5 Å². The number of amidine groups is 1. The molecule has 0 aliphatic carbocycles. The molecule has 0 saturated heterocycles. The maximum absolute atomic E-state index is 11.5. The molecule has 18 heavy (non-hydrogen) atoms. The van der Waals surface area contributed by atoms with Gasteiger partial charge in [0.1, 0.15) is 0 Å². The van der Waals surface area contributed by atoms with Crippen molar-refractivity contribution in [3.8, 4) is 0 Å². The van der Waals surface area contributed by atoms with Crippen LogP contribution in [0.5, 0.6) is 0 Å². The van der Waals surface area contributed by atoms with Gasteiger partial charge in [-0.3, -0.25) is 4.79 Å². The van der Waals surface area contributed by atoms with Crippen LogP contribution in [0.25, 0.3) is 0 Å². The topological polar surface area (TPSA) is 41.5 Å². The molecule has 96 valence electrons. The molecular formula is C13H15ClN2OS. The average molecular weight is 283 g/mol. The standard InChI is InChI=1S/C13H15ClN2OS/c1-3-11-12(17)16-13(18-11)15-8(2)9-6-4-5-7-10(9)14/h4-8,11H,3H2,1-2H3,(H,15,16,17)/t8-,11+/m0/s1. The molecule has 0 spiro atoms. The monoisotopic (exact) mass is 282 g/mol. The van der Waals surface area contributed by atoms with Gasteiger partial charge in [-0.25, -0.2) is 0 Å². The molecule has 0 radical (unpaired) electrons. The molecule has 0 aromatic heterocycles. The summed E-state index contributed by atoms with van der Waals surface area (Å²) in [6.07, 6.45) is 0.804. The van der Waals surface area contributed by atoms with Gasteiger partial charge in [0.05, 0.1) is 11.3 Å². The van der Waals surface area contributed by atoms with Crippen molar-refractivity contribution in [2.24, 2.45) is 4.99 Å². The van der Waals surface area contributed by atoms with Gasteiger partial charge in [-0.15, -0.1) is 0 Å². The predicted octanol–water partition coefficient (Wildman–Crippen LogP) is 3.40. The Morgan fingerprint density at radius 3 is 2.83 bits per heavy atom. The van der Waals surface area contributed by atoms with E-state index in [9.17, 15) is 4.79 Å². The molecule has 1 aromatic carbocycles. The Morgan fingerprint density at radius 2 is 2.22 bits per heavy atom. The minimum Gasteiger partial charge on any atom is -0.358 e. The molecule has 3 nitrogen and oxygen atoms in total. The highest BCUT2D eigenvalue weighted by Gasteiger charge is 2.27. The Kier molecular flexibility index (Phi) is 4.30. The number of benzene rings is 1. The number of amides is 1. The van der Waals surface area contributed by atoms with Crippen LogP contribution in [0.4, 0.5) is 0 Å². The predicted molar refractivity (Wildman–Crippen MR) is 77.1 cm³/mol. The number of nitrogens with zero attached hydrogens (tertiary/aromatic N) is 1. The van der Waals surface area contributed by atoms with Gasteiger partial charge < -0.3 is 5.32 Å². The number of aliphatic imine (C=N–C) groups is 1. The molecule has 0 unspecified atom stereocenters. The van der Waals surface area contributed by atoms with E-state index in [1.807, 2.05) is 38.1 Å². The molecule has 1 amide bonds. The number of thioether (sulfide) groups is 1. The largest absolute Gasteiger partial charge is 0.358 e. The molecule has 1 N–H and O–H groups in total. The van der Waals surface area contributed by atoms with Gasteiger partial charge in [0.15, 0.2) is 5.17 Å². The molecular weight excluding hydrogens is 268 g/mol. The molecule has 2 atom stereocenters. The fourth-order valence-electron chi connectivity index (χ4n) is 1.80. The normalized spacial score (nSPS) is 20.7. The van der Waals surface area contributed by atoms with E-state index in [1.54, 1.807) is 0 Å². The highest BCUT2D eigenvalue weighted by atomic mass is 35.5. The molecule has 1 aliphatic rings. The van der Waals surface area contributed by atoms with Gasteiger partial charge in [0.2, 0.25) is 0 Å². The van der Waals surface area contributed by atoms with Crippen molar-refractivity contribution >= 4 is 34.4 Å². The second kappa shape index (κ2) is 5.76. The lowest BCUT2D eigenvalue weighted by Crippen LogP contribution is -2.23. The first-order valence-corrected chi connectivity index (χ1v) is 7.17. The Balaban J connectivity index is 2.05. The lowest BCUT2D eigenvalue weighted by Gasteiger charge is -2.16. The molecule has 1 heterocycles. The summed E-state index contributed by atoms with van der Waals surface area (Å²) in [6, 6.07) is 7.71. The summed E-state index contributed by atoms with van der Waals surface area (Å²) in [6.45, 7) is 4.00. The molecule has 0 saturated carbocycles. The van der Waals surface area contributed by atoms with Crippen LogP contribution >= 0.6 is 23.4 Å². The number of carbonyl (C=O) groups is 1. The highest BCUT2D eigenvalue weighted by molar-refractivity contribution is 8.15. The maximum atomic E-state index is 11.5. The highest BCUT2D eigenvalue weighted by Crippen LogP contribution is 2.27. The fourth-order valence-corrected chi connectivity index (χ4v) is 3.07. The van der Waals surface area contributed by atoms with E-state index >= 15 is 0 Å². The van der Waals surface area contributed by atoms with Crippen LogP contribution in [0, 0.1) is 0 Å². The number of nitrogens with one attached hydrogen (secondary N) is 1. The summed E-state index contributed by atoms with van der Waals surface area (Å²) < 4.78 is 0. The van der Waals surface area contributed by atoms with Crippen molar-refractivity contribution in [1.29, 1.82) is 0 Å². The quantitative estimate of drug-likeness (QED) is 0.924. The van der Waals surface area contributed by atoms with Crippen LogP contribution in [0.1, 0.15) is 31.9 Å². The van der Waals surface area contributed by atoms with Crippen LogP contribution in [-0.2, 0) is 4.79 Å². The number of hydrogen-bond acceptors (Lipinski definition) is 3. The molecule has 0 fully saturated rings. The van der Waals surface area contributed by atoms with E-state index < -0.39 is 0 Å². The lowest BCUT2D eigenvalue weighted by atomic mass is 10.1. The second-order valence-electron chi connectivity index (χ2n) is 4.16. The first-order chi connectivity index (χ1) is 8.61. The van der Waals surface area contributed by atoms with E-state index in [1.165, 1.54) is 11.8 Å². The van der Waals surface area contributed by atoms with E-state index in [2.05, 4.69) is 10.3 Å². The zero-order valence-electron chi connectivity index (χ0n) is 10.3. The second-order valence-corrected chi connectivity index (χ2v) is 5.76. The van der Waals surface area contributed by atoms with Crippen LogP contribution < -0.4 is 5.32 Å². The van der Waals surface area contributed by atoms with Crippen molar-refractivity contribution in [2.45, 2.75) is 31.6 Å². The van der Waals surface area contributed by atoms with Crippen LogP contribution in [0.3, 0.4) is 0 Å². The van der Waals surface area contributed by atoms with Gasteiger partial charge in [-0.05, 0) is 25.0 Å². The van der Waals surface area contributed by atoms with Crippen molar-refractivity contribution in [1.82, 2.24) is 5.32 Å². The lowest BCUT2D eigenvalue weighted by molar-refractivity contribution is -0.117. The van der Waals surface area contributed by atoms with Gasteiger partial charge in [0, 0.05) is 5.02 Å². The molecule has 5 heteroatoms. The summed E-state index contributed by atoms with van der Waals surface area (Å²) >= 11 is 7.63. The van der Waals surface area contributed by atoms with Gasteiger partial charge in [-0.2, -0.15) is 4.99 Å². The first-order valence-electron chi connectivity index (χ1n) is 5.92. The van der Waals surface area contributed by atoms with Crippen LogP contribution in [-0.4, -0.2) is 16.3 Å². The van der Waals surface area contributed by atoms with Crippen molar-refractivity contribution in [3.63, 3.8) is 0 Å². The van der Waals surface area contributed by atoms with Crippen LogP contribution in [0.15, 0.2) is 29.3 Å². The summed E-state index contributed by atoms with van der Waals surface area (Å²) in [4.78, 5) is 15.5. The zero-order valence-corrected chi connectivity index (χ0v) is 11.9.